The Balaban J connectivity index is 1.76. The molecular formula is C19H25N3O4. The first kappa shape index (κ1) is 18.2. The Morgan fingerprint density at radius 2 is 2.12 bits per heavy atom. The van der Waals surface area contributed by atoms with Crippen LogP contribution in [-0.2, 0) is 9.59 Å². The lowest BCUT2D eigenvalue weighted by Crippen LogP contribution is -2.40. The molecule has 26 heavy (non-hydrogen) atoms. The Kier molecular flexibility index (Phi) is 4.89. The van der Waals surface area contributed by atoms with E-state index < -0.39 is 23.5 Å². The van der Waals surface area contributed by atoms with E-state index in [4.69, 9.17) is 5.73 Å². The molecule has 2 fully saturated rings. The van der Waals surface area contributed by atoms with E-state index in [1.54, 1.807) is 4.90 Å². The van der Waals surface area contributed by atoms with Crippen LogP contribution >= 0.6 is 0 Å². The average molecular weight is 359 g/mol. The van der Waals surface area contributed by atoms with Gasteiger partial charge in [0.1, 0.15) is 0 Å². The highest BCUT2D eigenvalue weighted by Crippen LogP contribution is 2.49. The van der Waals surface area contributed by atoms with Gasteiger partial charge in [-0.15, -0.1) is 0 Å². The van der Waals surface area contributed by atoms with Crippen molar-refractivity contribution in [2.24, 2.45) is 17.1 Å². The topological polar surface area (TPSA) is 113 Å². The van der Waals surface area contributed by atoms with Gasteiger partial charge in [0, 0.05) is 13.1 Å². The minimum absolute atomic E-state index is 0.0185. The summed E-state index contributed by atoms with van der Waals surface area (Å²) in [6.07, 6.45) is 2.43. The largest absolute Gasteiger partial charge is 0.481 e. The molecule has 3 rings (SSSR count). The van der Waals surface area contributed by atoms with E-state index in [1.807, 2.05) is 31.2 Å². The van der Waals surface area contributed by atoms with Crippen molar-refractivity contribution in [2.75, 3.05) is 13.1 Å². The molecule has 0 spiro atoms. The number of likely N-dealkylation sites (tertiary alicyclic amines) is 1. The molecule has 1 unspecified atom stereocenters. The fourth-order valence-corrected chi connectivity index (χ4v) is 4.52. The van der Waals surface area contributed by atoms with Crippen molar-refractivity contribution in [1.29, 1.82) is 0 Å². The molecule has 1 saturated heterocycles. The van der Waals surface area contributed by atoms with Gasteiger partial charge in [0.25, 0.3) is 0 Å². The van der Waals surface area contributed by atoms with E-state index in [0.29, 0.717) is 13.0 Å². The number of carbonyl (C=O) groups is 3. The standard InChI is InChI=1S/C19H25N3O4/c1-12-5-2-3-7-14(12)15(21-18(20)26)9-16(23)22-10-13-6-4-8-19(13,11-22)17(24)25/h2-3,5,7,13,15H,4,6,8-11H2,1H3,(H,24,25)(H3,20,21,26)/t13-,15?,19+/m0/s1. The fourth-order valence-electron chi connectivity index (χ4n) is 4.52. The minimum Gasteiger partial charge on any atom is -0.481 e. The molecule has 0 bridgehead atoms. The quantitative estimate of drug-likeness (QED) is 0.744. The highest BCUT2D eigenvalue weighted by molar-refractivity contribution is 5.82. The summed E-state index contributed by atoms with van der Waals surface area (Å²) < 4.78 is 0. The van der Waals surface area contributed by atoms with Gasteiger partial charge in [0.15, 0.2) is 0 Å². The molecule has 1 aliphatic carbocycles. The molecule has 0 radical (unpaired) electrons. The second-order valence-corrected chi connectivity index (χ2v) is 7.45. The summed E-state index contributed by atoms with van der Waals surface area (Å²) in [6, 6.07) is 6.30. The first-order chi connectivity index (χ1) is 12.3. The molecule has 4 N–H and O–H groups in total. The zero-order valence-corrected chi connectivity index (χ0v) is 14.9. The van der Waals surface area contributed by atoms with Crippen molar-refractivity contribution in [3.63, 3.8) is 0 Å². The second kappa shape index (κ2) is 6.97. The number of amides is 3. The van der Waals surface area contributed by atoms with Gasteiger partial charge >= 0.3 is 12.0 Å². The number of carboxylic acids is 1. The fraction of sp³-hybridized carbons (Fsp3) is 0.526. The summed E-state index contributed by atoms with van der Waals surface area (Å²) >= 11 is 0. The molecule has 1 aliphatic heterocycles. The van der Waals surface area contributed by atoms with E-state index in [0.717, 1.165) is 24.0 Å². The van der Waals surface area contributed by atoms with Gasteiger partial charge in [-0.3, -0.25) is 9.59 Å². The summed E-state index contributed by atoms with van der Waals surface area (Å²) in [5, 5.41) is 12.3. The summed E-state index contributed by atoms with van der Waals surface area (Å²) in [7, 11) is 0. The lowest BCUT2D eigenvalue weighted by Gasteiger charge is -2.25. The summed E-state index contributed by atoms with van der Waals surface area (Å²) in [5.41, 5.74) is 6.29. The highest BCUT2D eigenvalue weighted by atomic mass is 16.4. The van der Waals surface area contributed by atoms with Gasteiger partial charge < -0.3 is 21.1 Å². The molecule has 1 heterocycles. The smallest absolute Gasteiger partial charge is 0.312 e. The van der Waals surface area contributed by atoms with Crippen molar-refractivity contribution in [3.8, 4) is 0 Å². The van der Waals surface area contributed by atoms with Crippen LogP contribution in [-0.4, -0.2) is 41.0 Å². The lowest BCUT2D eigenvalue weighted by molar-refractivity contribution is -0.149. The normalized spacial score (nSPS) is 25.6. The van der Waals surface area contributed by atoms with Gasteiger partial charge in [-0.25, -0.2) is 4.79 Å². The number of hydrogen-bond donors (Lipinski definition) is 3. The van der Waals surface area contributed by atoms with Gasteiger partial charge in [0.2, 0.25) is 5.91 Å². The van der Waals surface area contributed by atoms with E-state index in [9.17, 15) is 19.5 Å². The zero-order chi connectivity index (χ0) is 18.9. The number of nitrogens with two attached hydrogens (primary N) is 1. The summed E-state index contributed by atoms with van der Waals surface area (Å²) in [6.45, 7) is 2.64. The Morgan fingerprint density at radius 3 is 2.73 bits per heavy atom. The minimum atomic E-state index is -0.805. The molecule has 1 aromatic rings. The number of carboxylic acid groups (broad SMARTS) is 1. The molecule has 0 aromatic heterocycles. The number of carbonyl (C=O) groups excluding carboxylic acids is 2. The predicted octanol–water partition coefficient (Wildman–Crippen LogP) is 1.81. The van der Waals surface area contributed by atoms with Gasteiger partial charge in [-0.2, -0.15) is 0 Å². The average Bonchev–Trinajstić information content (AvgIpc) is 3.12. The lowest BCUT2D eigenvalue weighted by atomic mass is 9.81. The number of aryl methyl sites for hydroxylation is 1. The zero-order valence-electron chi connectivity index (χ0n) is 14.9. The van der Waals surface area contributed by atoms with E-state index in [2.05, 4.69) is 5.32 Å². The number of hydrogen-bond acceptors (Lipinski definition) is 3. The highest BCUT2D eigenvalue weighted by Gasteiger charge is 2.55. The number of rotatable bonds is 5. The third-order valence-electron chi connectivity index (χ3n) is 5.91. The monoisotopic (exact) mass is 359 g/mol. The van der Waals surface area contributed by atoms with Crippen LogP contribution in [0.5, 0.6) is 0 Å². The number of nitrogens with zero attached hydrogens (tertiary/aromatic N) is 1. The molecule has 1 saturated carbocycles. The van der Waals surface area contributed by atoms with E-state index >= 15 is 0 Å². The summed E-state index contributed by atoms with van der Waals surface area (Å²) in [5.74, 6) is -0.937. The molecule has 1 aromatic carbocycles. The molecule has 3 amide bonds. The second-order valence-electron chi connectivity index (χ2n) is 7.45. The maximum atomic E-state index is 12.9. The number of fused-ring (bicyclic) bond motifs is 1. The third-order valence-corrected chi connectivity index (χ3v) is 5.91. The van der Waals surface area contributed by atoms with Crippen molar-refractivity contribution in [1.82, 2.24) is 10.2 Å². The number of nitrogens with one attached hydrogen (secondary N) is 1. The molecule has 140 valence electrons. The van der Waals surface area contributed by atoms with Gasteiger partial charge in [0.05, 0.1) is 17.9 Å². The Labute approximate surface area is 152 Å². The van der Waals surface area contributed by atoms with Crippen molar-refractivity contribution in [2.45, 2.75) is 38.6 Å². The first-order valence-corrected chi connectivity index (χ1v) is 8.96. The van der Waals surface area contributed by atoms with Crippen LogP contribution in [0.25, 0.3) is 0 Å². The number of urea groups is 1. The Hall–Kier alpha value is -2.57. The van der Waals surface area contributed by atoms with Crippen LogP contribution in [0.4, 0.5) is 4.79 Å². The molecular weight excluding hydrogens is 334 g/mol. The van der Waals surface area contributed by atoms with E-state index in [-0.39, 0.29) is 24.8 Å². The van der Waals surface area contributed by atoms with Crippen LogP contribution in [0, 0.1) is 18.3 Å². The van der Waals surface area contributed by atoms with Crippen LogP contribution < -0.4 is 11.1 Å². The third kappa shape index (κ3) is 3.25. The SMILES string of the molecule is Cc1ccccc1C(CC(=O)N1C[C@@H]2CCC[C@@]2(C(=O)O)C1)NC(N)=O. The van der Waals surface area contributed by atoms with Crippen molar-refractivity contribution < 1.29 is 19.5 Å². The number of benzene rings is 1. The molecule has 7 heteroatoms. The Bertz CT molecular complexity index is 735. The van der Waals surface area contributed by atoms with Crippen LogP contribution in [0.3, 0.4) is 0 Å². The maximum absolute atomic E-state index is 12.9. The first-order valence-electron chi connectivity index (χ1n) is 8.96. The predicted molar refractivity (Wildman–Crippen MR) is 95.2 cm³/mol. The molecule has 2 aliphatic rings. The van der Waals surface area contributed by atoms with Gasteiger partial charge in [-0.1, -0.05) is 30.7 Å². The van der Waals surface area contributed by atoms with Crippen molar-refractivity contribution in [3.05, 3.63) is 35.4 Å². The van der Waals surface area contributed by atoms with Crippen LogP contribution in [0.2, 0.25) is 0 Å². The van der Waals surface area contributed by atoms with Crippen molar-refractivity contribution >= 4 is 17.9 Å². The molecule has 3 atom stereocenters. The number of primary amides is 1. The van der Waals surface area contributed by atoms with E-state index in [1.165, 1.54) is 0 Å². The maximum Gasteiger partial charge on any atom is 0.312 e. The Morgan fingerprint density at radius 1 is 1.38 bits per heavy atom. The van der Waals surface area contributed by atoms with Crippen LogP contribution in [0.1, 0.15) is 42.9 Å². The molecule has 7 nitrogen and oxygen atoms in total. The summed E-state index contributed by atoms with van der Waals surface area (Å²) in [4.78, 5) is 37.7. The van der Waals surface area contributed by atoms with Crippen LogP contribution in [0.15, 0.2) is 24.3 Å². The number of aliphatic carboxylic acids is 1. The van der Waals surface area contributed by atoms with Gasteiger partial charge in [-0.05, 0) is 36.8 Å².